The summed E-state index contributed by atoms with van der Waals surface area (Å²) in [4.78, 5) is 48.8. The van der Waals surface area contributed by atoms with Crippen LogP contribution in [0, 0.1) is 11.2 Å². The Hall–Kier alpha value is -4.25. The Morgan fingerprint density at radius 2 is 1.80 bits per heavy atom. The minimum Gasteiger partial charge on any atom is -0.497 e. The number of benzene rings is 2. The Labute approximate surface area is 264 Å². The number of aromatic nitrogens is 2. The lowest BCUT2D eigenvalue weighted by molar-refractivity contribution is -0.140. The van der Waals surface area contributed by atoms with Gasteiger partial charge in [-0.3, -0.25) is 14.4 Å². The molecule has 1 saturated heterocycles. The maximum absolute atomic E-state index is 14.0. The third kappa shape index (κ3) is 8.48. The summed E-state index contributed by atoms with van der Waals surface area (Å²) < 4.78 is 20.6. The molecule has 1 fully saturated rings. The Morgan fingerprint density at radius 3 is 2.42 bits per heavy atom. The van der Waals surface area contributed by atoms with Crippen LogP contribution in [0.25, 0.3) is 5.69 Å². The third-order valence-electron chi connectivity index (χ3n) is 8.36. The van der Waals surface area contributed by atoms with Crippen molar-refractivity contribution in [3.8, 4) is 11.4 Å². The Morgan fingerprint density at radius 1 is 1.11 bits per heavy atom. The number of carbonyl (C=O) groups is 3. The molecule has 2 N–H and O–H groups in total. The normalized spacial score (nSPS) is 16.2. The second kappa shape index (κ2) is 14.7. The van der Waals surface area contributed by atoms with Crippen LogP contribution >= 0.6 is 0 Å². The topological polar surface area (TPSA) is 109 Å². The second-order valence-corrected chi connectivity index (χ2v) is 12.6. The molecular formula is C34H45FN6O4. The lowest BCUT2D eigenvalue weighted by Gasteiger charge is -2.37. The quantitative estimate of drug-likeness (QED) is 0.319. The fourth-order valence-electron chi connectivity index (χ4n) is 5.46. The van der Waals surface area contributed by atoms with Gasteiger partial charge < -0.3 is 29.7 Å². The minimum atomic E-state index is -0.732. The van der Waals surface area contributed by atoms with E-state index in [2.05, 4.69) is 15.6 Å². The van der Waals surface area contributed by atoms with Gasteiger partial charge in [-0.25, -0.2) is 9.37 Å². The average Bonchev–Trinajstić information content (AvgIpc) is 3.71. The van der Waals surface area contributed by atoms with Gasteiger partial charge in [0.2, 0.25) is 11.8 Å². The summed E-state index contributed by atoms with van der Waals surface area (Å²) in [6.07, 6.45) is 5.32. The predicted molar refractivity (Wildman–Crippen MR) is 171 cm³/mol. The third-order valence-corrected chi connectivity index (χ3v) is 8.36. The van der Waals surface area contributed by atoms with Crippen LogP contribution in [0.4, 0.5) is 4.39 Å². The highest BCUT2D eigenvalue weighted by Gasteiger charge is 2.41. The van der Waals surface area contributed by atoms with Crippen molar-refractivity contribution in [2.24, 2.45) is 5.41 Å². The molecule has 45 heavy (non-hydrogen) atoms. The van der Waals surface area contributed by atoms with Gasteiger partial charge in [-0.1, -0.05) is 32.9 Å². The largest absolute Gasteiger partial charge is 0.497 e. The van der Waals surface area contributed by atoms with Crippen LogP contribution in [-0.2, 0) is 16.0 Å². The van der Waals surface area contributed by atoms with E-state index in [1.54, 1.807) is 55.2 Å². The van der Waals surface area contributed by atoms with Crippen LogP contribution in [0.1, 0.15) is 56.6 Å². The van der Waals surface area contributed by atoms with E-state index in [1.807, 2.05) is 49.9 Å². The molecule has 242 valence electrons. The van der Waals surface area contributed by atoms with E-state index in [4.69, 9.17) is 4.74 Å². The first kappa shape index (κ1) is 33.6. The van der Waals surface area contributed by atoms with Gasteiger partial charge in [0.05, 0.1) is 13.2 Å². The van der Waals surface area contributed by atoms with E-state index in [1.165, 1.54) is 12.1 Å². The van der Waals surface area contributed by atoms with Gasteiger partial charge in [-0.05, 0) is 80.6 Å². The van der Waals surface area contributed by atoms with Crippen molar-refractivity contribution in [1.82, 2.24) is 30.0 Å². The molecule has 0 saturated carbocycles. The molecular weight excluding hydrogens is 575 g/mol. The number of nitrogens with zero attached hydrogens (tertiary/aromatic N) is 4. The molecule has 1 aliphatic heterocycles. The van der Waals surface area contributed by atoms with E-state index >= 15 is 0 Å². The predicted octanol–water partition coefficient (Wildman–Crippen LogP) is 3.83. The maximum atomic E-state index is 14.0. The SMILES string of the molecule is CN[C@@H](C)C(=O)N[C@H](C(=O)N1CCC[C@H]1CN(CCc1ccc(F)cc1)C(=O)c1cn(-c2ccc(OC)cc2)cn1)C(C)(C)C. The molecule has 2 aromatic carbocycles. The molecule has 0 aliphatic carbocycles. The van der Waals surface area contributed by atoms with E-state index in [9.17, 15) is 18.8 Å². The van der Waals surface area contributed by atoms with Gasteiger partial charge in [0.1, 0.15) is 29.6 Å². The summed E-state index contributed by atoms with van der Waals surface area (Å²) in [6.45, 7) is 8.75. The molecule has 3 aromatic rings. The van der Waals surface area contributed by atoms with Crippen molar-refractivity contribution in [3.05, 3.63) is 78.1 Å². The van der Waals surface area contributed by atoms with Gasteiger partial charge in [0.25, 0.3) is 5.91 Å². The fraction of sp³-hybridized carbons (Fsp3) is 0.471. The number of halogens is 1. The molecule has 3 amide bonds. The summed E-state index contributed by atoms with van der Waals surface area (Å²) in [6, 6.07) is 12.3. The second-order valence-electron chi connectivity index (χ2n) is 12.6. The lowest BCUT2D eigenvalue weighted by atomic mass is 9.85. The van der Waals surface area contributed by atoms with Gasteiger partial charge in [0.15, 0.2) is 0 Å². The highest BCUT2D eigenvalue weighted by molar-refractivity contribution is 5.93. The van der Waals surface area contributed by atoms with Crippen molar-refractivity contribution >= 4 is 17.7 Å². The average molecular weight is 621 g/mol. The zero-order chi connectivity index (χ0) is 32.7. The number of ether oxygens (including phenoxy) is 1. The molecule has 10 nitrogen and oxygen atoms in total. The molecule has 0 spiro atoms. The summed E-state index contributed by atoms with van der Waals surface area (Å²) in [5.41, 5.74) is 1.48. The number of carbonyl (C=O) groups excluding carboxylic acids is 3. The van der Waals surface area contributed by atoms with Gasteiger partial charge in [-0.2, -0.15) is 0 Å². The number of likely N-dealkylation sites (tertiary alicyclic amines) is 1. The van der Waals surface area contributed by atoms with Crippen LogP contribution < -0.4 is 15.4 Å². The molecule has 11 heteroatoms. The summed E-state index contributed by atoms with van der Waals surface area (Å²) in [5.74, 6) is -0.253. The number of rotatable bonds is 12. The first-order valence-electron chi connectivity index (χ1n) is 15.4. The van der Waals surface area contributed by atoms with Crippen molar-refractivity contribution in [3.63, 3.8) is 0 Å². The maximum Gasteiger partial charge on any atom is 0.274 e. The number of hydrogen-bond acceptors (Lipinski definition) is 6. The molecule has 2 heterocycles. The number of methoxy groups -OCH3 is 1. The summed E-state index contributed by atoms with van der Waals surface area (Å²) in [7, 11) is 3.30. The molecule has 0 bridgehead atoms. The number of amides is 3. The van der Waals surface area contributed by atoms with Gasteiger partial charge in [-0.15, -0.1) is 0 Å². The summed E-state index contributed by atoms with van der Waals surface area (Å²) in [5, 5.41) is 5.88. The Kier molecular flexibility index (Phi) is 11.0. The number of imidazole rings is 1. The zero-order valence-corrected chi connectivity index (χ0v) is 27.0. The van der Waals surface area contributed by atoms with Crippen LogP contribution in [0.5, 0.6) is 5.75 Å². The highest BCUT2D eigenvalue weighted by atomic mass is 19.1. The number of hydrogen-bond donors (Lipinski definition) is 2. The van der Waals surface area contributed by atoms with E-state index in [-0.39, 0.29) is 35.3 Å². The van der Waals surface area contributed by atoms with Crippen LogP contribution in [0.15, 0.2) is 61.1 Å². The van der Waals surface area contributed by atoms with E-state index in [0.717, 1.165) is 29.8 Å². The molecule has 0 radical (unpaired) electrons. The van der Waals surface area contributed by atoms with Gasteiger partial charge in [0, 0.05) is 37.6 Å². The van der Waals surface area contributed by atoms with Crippen molar-refractivity contribution in [1.29, 1.82) is 0 Å². The first-order valence-corrected chi connectivity index (χ1v) is 15.4. The van der Waals surface area contributed by atoms with Crippen LogP contribution in [0.2, 0.25) is 0 Å². The summed E-state index contributed by atoms with van der Waals surface area (Å²) >= 11 is 0. The molecule has 3 atom stereocenters. The highest BCUT2D eigenvalue weighted by Crippen LogP contribution is 2.27. The van der Waals surface area contributed by atoms with Crippen molar-refractivity contribution in [2.75, 3.05) is 33.8 Å². The van der Waals surface area contributed by atoms with Crippen molar-refractivity contribution < 1.29 is 23.5 Å². The molecule has 1 aliphatic rings. The minimum absolute atomic E-state index is 0.156. The standard InChI is InChI=1S/C34H45FN6O4/c1-23(36-5)31(42)38-30(34(2,3)4)33(44)41-18-7-8-27(41)20-39(19-17-24-9-11-25(35)12-10-24)32(43)29-21-40(22-37-29)26-13-15-28(45-6)16-14-26/h9-16,21-23,27,30,36H,7-8,17-20H2,1-6H3,(H,38,42)/t23-,27-,30+/m0/s1. The van der Waals surface area contributed by atoms with Crippen LogP contribution in [-0.4, -0.2) is 89.0 Å². The van der Waals surface area contributed by atoms with Crippen LogP contribution in [0.3, 0.4) is 0 Å². The Balaban J connectivity index is 1.56. The monoisotopic (exact) mass is 620 g/mol. The lowest BCUT2D eigenvalue weighted by Crippen LogP contribution is -2.59. The van der Waals surface area contributed by atoms with Crippen molar-refractivity contribution in [2.45, 2.75) is 65.1 Å². The molecule has 1 aromatic heterocycles. The Bertz CT molecular complexity index is 1450. The smallest absolute Gasteiger partial charge is 0.274 e. The zero-order valence-electron chi connectivity index (χ0n) is 27.0. The van der Waals surface area contributed by atoms with E-state index < -0.39 is 17.5 Å². The number of nitrogens with one attached hydrogen (secondary N) is 2. The fourth-order valence-corrected chi connectivity index (χ4v) is 5.46. The first-order chi connectivity index (χ1) is 21.4. The molecule has 0 unspecified atom stereocenters. The van der Waals surface area contributed by atoms with Gasteiger partial charge >= 0.3 is 0 Å². The molecule has 4 rings (SSSR count). The van der Waals surface area contributed by atoms with E-state index in [0.29, 0.717) is 26.1 Å². The number of likely N-dealkylation sites (N-methyl/N-ethyl adjacent to an activating group) is 1.